The molecule has 0 fully saturated rings. The smallest absolute Gasteiger partial charge is 0.316 e. The summed E-state index contributed by atoms with van der Waals surface area (Å²) in [5.41, 5.74) is 4.60. The normalized spacial score (nSPS) is 12.8. The van der Waals surface area contributed by atoms with Crippen LogP contribution >= 0.6 is 25.3 Å². The van der Waals surface area contributed by atoms with E-state index in [-0.39, 0.29) is 12.3 Å². The van der Waals surface area contributed by atoms with Gasteiger partial charge in [0.2, 0.25) is 0 Å². The minimum atomic E-state index is -0.496. The number of thiol groups is 2. The Labute approximate surface area is 64.8 Å². The summed E-state index contributed by atoms with van der Waals surface area (Å²) in [5, 5.41) is 0. The van der Waals surface area contributed by atoms with Gasteiger partial charge in [0.1, 0.15) is 0 Å². The Morgan fingerprint density at radius 1 is 1.78 bits per heavy atom. The highest BCUT2D eigenvalue weighted by Gasteiger charge is 2.04. The maximum Gasteiger partial charge on any atom is 0.316 e. The molecule has 0 aromatic rings. The summed E-state index contributed by atoms with van der Waals surface area (Å²) in [7, 11) is 0. The molecule has 0 saturated carbocycles. The fraction of sp³-hybridized carbons (Fsp3) is 0.750. The van der Waals surface area contributed by atoms with Crippen LogP contribution in [0.15, 0.2) is 0 Å². The number of hydrogen-bond donors (Lipinski definition) is 3. The van der Waals surface area contributed by atoms with Crippen molar-refractivity contribution in [2.45, 2.75) is 5.44 Å². The van der Waals surface area contributed by atoms with Crippen molar-refractivity contribution >= 4 is 31.2 Å². The second kappa shape index (κ2) is 4.96. The van der Waals surface area contributed by atoms with Crippen molar-refractivity contribution in [3.8, 4) is 0 Å². The van der Waals surface area contributed by atoms with Gasteiger partial charge in [0.25, 0.3) is 0 Å². The number of nitrogens with two attached hydrogens (primary N) is 1. The molecule has 1 unspecified atom stereocenters. The molecule has 0 amide bonds. The molecule has 9 heavy (non-hydrogen) atoms. The fourth-order valence-electron chi connectivity index (χ4n) is 0.237. The van der Waals surface area contributed by atoms with Crippen molar-refractivity contribution in [2.24, 2.45) is 5.73 Å². The van der Waals surface area contributed by atoms with E-state index in [1.54, 1.807) is 0 Å². The Kier molecular flexibility index (Phi) is 5.03. The Morgan fingerprint density at radius 3 is 2.67 bits per heavy atom. The average Bonchev–Trinajstić information content (AvgIpc) is 1.87. The van der Waals surface area contributed by atoms with Gasteiger partial charge in [-0.25, -0.2) is 0 Å². The number of carbonyl (C=O) groups excluding carboxylic acids is 1. The van der Waals surface area contributed by atoms with E-state index in [1.807, 2.05) is 0 Å². The van der Waals surface area contributed by atoms with E-state index in [1.165, 1.54) is 0 Å². The first kappa shape index (κ1) is 9.13. The number of ether oxygens (including phenoxy) is 1. The van der Waals surface area contributed by atoms with E-state index in [9.17, 15) is 4.79 Å². The first-order valence-corrected chi connectivity index (χ1v) is 3.54. The van der Waals surface area contributed by atoms with E-state index in [4.69, 9.17) is 5.73 Å². The molecule has 3 nitrogen and oxygen atoms in total. The Bertz CT molecular complexity index is 98.6. The molecule has 0 aliphatic rings. The number of carbonyl (C=O) groups is 1. The van der Waals surface area contributed by atoms with Gasteiger partial charge in [-0.15, -0.1) is 12.6 Å². The van der Waals surface area contributed by atoms with Gasteiger partial charge in [0, 0.05) is 6.54 Å². The lowest BCUT2D eigenvalue weighted by Gasteiger charge is -2.07. The molecule has 1 atom stereocenters. The van der Waals surface area contributed by atoms with Crippen molar-refractivity contribution in [3.05, 3.63) is 0 Å². The van der Waals surface area contributed by atoms with E-state index in [0.717, 1.165) is 0 Å². The van der Waals surface area contributed by atoms with Crippen LogP contribution in [-0.2, 0) is 9.53 Å². The van der Waals surface area contributed by atoms with E-state index < -0.39 is 11.4 Å². The standard InChI is InChI=1S/C4H9NO2S2/c5-1-4(9)7-3(6)2-8/h4,8-9H,1-2,5H2. The topological polar surface area (TPSA) is 52.3 Å². The second-order valence-electron chi connectivity index (χ2n) is 1.34. The third-order valence-corrected chi connectivity index (χ3v) is 1.17. The van der Waals surface area contributed by atoms with Crippen molar-refractivity contribution in [1.82, 2.24) is 0 Å². The molecule has 0 aromatic heterocycles. The zero-order valence-electron chi connectivity index (χ0n) is 4.78. The molecule has 0 heterocycles. The van der Waals surface area contributed by atoms with Crippen LogP contribution in [0.4, 0.5) is 0 Å². The molecule has 0 bridgehead atoms. The molecule has 0 aromatic carbocycles. The highest BCUT2D eigenvalue weighted by atomic mass is 32.1. The second-order valence-corrected chi connectivity index (χ2v) is 2.23. The predicted molar refractivity (Wildman–Crippen MR) is 41.8 cm³/mol. The highest BCUT2D eigenvalue weighted by molar-refractivity contribution is 7.81. The van der Waals surface area contributed by atoms with E-state index in [0.29, 0.717) is 0 Å². The summed E-state index contributed by atoms with van der Waals surface area (Å²) in [4.78, 5) is 10.4. The van der Waals surface area contributed by atoms with Crippen molar-refractivity contribution < 1.29 is 9.53 Å². The van der Waals surface area contributed by atoms with Crippen LogP contribution in [0.5, 0.6) is 0 Å². The lowest BCUT2D eigenvalue weighted by atomic mass is 10.7. The van der Waals surface area contributed by atoms with Crippen LogP contribution in [0, 0.1) is 0 Å². The van der Waals surface area contributed by atoms with Gasteiger partial charge in [-0.05, 0) is 0 Å². The Balaban J connectivity index is 3.34. The monoisotopic (exact) mass is 167 g/mol. The number of rotatable bonds is 3. The lowest BCUT2D eigenvalue weighted by molar-refractivity contribution is -0.141. The maximum absolute atomic E-state index is 10.4. The average molecular weight is 167 g/mol. The van der Waals surface area contributed by atoms with E-state index >= 15 is 0 Å². The first-order chi connectivity index (χ1) is 4.20. The molecule has 54 valence electrons. The van der Waals surface area contributed by atoms with Crippen molar-refractivity contribution in [1.29, 1.82) is 0 Å². The largest absolute Gasteiger partial charge is 0.450 e. The Hall–Kier alpha value is 0.130. The van der Waals surface area contributed by atoms with Gasteiger partial charge in [-0.2, -0.15) is 12.6 Å². The van der Waals surface area contributed by atoms with Crippen LogP contribution in [0.3, 0.4) is 0 Å². The van der Waals surface area contributed by atoms with Crippen LogP contribution in [0.25, 0.3) is 0 Å². The van der Waals surface area contributed by atoms with Crippen LogP contribution in [0.2, 0.25) is 0 Å². The Morgan fingerprint density at radius 2 is 2.33 bits per heavy atom. The van der Waals surface area contributed by atoms with Gasteiger partial charge in [-0.3, -0.25) is 4.79 Å². The maximum atomic E-state index is 10.4. The molecule has 0 saturated heterocycles. The quantitative estimate of drug-likeness (QED) is 0.306. The van der Waals surface area contributed by atoms with Gasteiger partial charge >= 0.3 is 5.97 Å². The number of esters is 1. The van der Waals surface area contributed by atoms with Crippen LogP contribution < -0.4 is 5.73 Å². The fourth-order valence-corrected chi connectivity index (χ4v) is 0.429. The SMILES string of the molecule is NCC(S)OC(=O)CS. The molecular formula is C4H9NO2S2. The summed E-state index contributed by atoms with van der Waals surface area (Å²) >= 11 is 7.50. The minimum Gasteiger partial charge on any atom is -0.450 e. The highest BCUT2D eigenvalue weighted by Crippen LogP contribution is 1.95. The zero-order valence-corrected chi connectivity index (χ0v) is 6.57. The summed E-state index contributed by atoms with van der Waals surface area (Å²) in [5.74, 6) is -0.333. The third kappa shape index (κ3) is 4.62. The van der Waals surface area contributed by atoms with Crippen LogP contribution in [-0.4, -0.2) is 23.7 Å². The van der Waals surface area contributed by atoms with Gasteiger partial charge in [-0.1, -0.05) is 0 Å². The molecule has 0 radical (unpaired) electrons. The minimum absolute atomic E-state index is 0.0665. The summed E-state index contributed by atoms with van der Waals surface area (Å²) in [6, 6.07) is 0. The summed E-state index contributed by atoms with van der Waals surface area (Å²) in [6.07, 6.45) is 0. The van der Waals surface area contributed by atoms with Crippen LogP contribution in [0.1, 0.15) is 0 Å². The molecule has 0 aliphatic carbocycles. The van der Waals surface area contributed by atoms with Crippen molar-refractivity contribution in [3.63, 3.8) is 0 Å². The van der Waals surface area contributed by atoms with E-state index in [2.05, 4.69) is 30.0 Å². The van der Waals surface area contributed by atoms with Gasteiger partial charge < -0.3 is 10.5 Å². The molecule has 5 heteroatoms. The van der Waals surface area contributed by atoms with Crippen molar-refractivity contribution in [2.75, 3.05) is 12.3 Å². The predicted octanol–water partition coefficient (Wildman–Crippen LogP) is -0.326. The summed E-state index contributed by atoms with van der Waals surface area (Å²) in [6.45, 7) is 0.225. The lowest BCUT2D eigenvalue weighted by Crippen LogP contribution is -2.21. The first-order valence-electron chi connectivity index (χ1n) is 2.39. The zero-order chi connectivity index (χ0) is 7.28. The summed E-state index contributed by atoms with van der Waals surface area (Å²) < 4.78 is 4.57. The van der Waals surface area contributed by atoms with Gasteiger partial charge in [0.15, 0.2) is 5.44 Å². The third-order valence-electron chi connectivity index (χ3n) is 0.598. The molecule has 0 rings (SSSR count). The molecule has 2 N–H and O–H groups in total. The molecular weight excluding hydrogens is 158 g/mol. The molecule has 0 aliphatic heterocycles. The number of hydrogen-bond acceptors (Lipinski definition) is 5. The molecule has 0 spiro atoms. The van der Waals surface area contributed by atoms with Gasteiger partial charge in [0.05, 0.1) is 5.75 Å².